The maximum absolute atomic E-state index is 11.6. The minimum absolute atomic E-state index is 0.0763. The largest absolute Gasteiger partial charge is 0.490 e. The lowest BCUT2D eigenvalue weighted by Gasteiger charge is -2.22. The van der Waals surface area contributed by atoms with Gasteiger partial charge in [-0.15, -0.1) is 0 Å². The van der Waals surface area contributed by atoms with E-state index in [-0.39, 0.29) is 17.9 Å². The molecule has 8 heteroatoms. The molecule has 5 rings (SSSR count). The van der Waals surface area contributed by atoms with E-state index in [9.17, 15) is 4.79 Å². The average Bonchev–Trinajstić information content (AvgIpc) is 3.47. The molecule has 0 spiro atoms. The van der Waals surface area contributed by atoms with E-state index in [0.29, 0.717) is 19.0 Å². The van der Waals surface area contributed by atoms with Gasteiger partial charge in [0, 0.05) is 57.1 Å². The van der Waals surface area contributed by atoms with Crippen molar-refractivity contribution in [1.29, 1.82) is 0 Å². The number of fused-ring (bicyclic) bond motifs is 1. The molecule has 2 aliphatic rings. The molecule has 3 aromatic rings. The van der Waals surface area contributed by atoms with Gasteiger partial charge in [-0.1, -0.05) is 0 Å². The first-order valence-corrected chi connectivity index (χ1v) is 10.6. The fourth-order valence-corrected chi connectivity index (χ4v) is 4.37. The lowest BCUT2D eigenvalue weighted by molar-refractivity contribution is -0.119. The van der Waals surface area contributed by atoms with Crippen molar-refractivity contribution in [2.75, 3.05) is 19.8 Å². The minimum atomic E-state index is -0.0763. The van der Waals surface area contributed by atoms with E-state index in [0.717, 1.165) is 53.8 Å². The summed E-state index contributed by atoms with van der Waals surface area (Å²) in [5, 5.41) is 13.1. The number of carbonyl (C=O) groups is 1. The van der Waals surface area contributed by atoms with Crippen LogP contribution in [0.4, 0.5) is 0 Å². The summed E-state index contributed by atoms with van der Waals surface area (Å²) in [6, 6.07) is 4.53. The Morgan fingerprint density at radius 3 is 2.83 bits per heavy atom. The smallest absolute Gasteiger partial charge is 0.220 e. The van der Waals surface area contributed by atoms with E-state index >= 15 is 0 Å². The van der Waals surface area contributed by atoms with Crippen LogP contribution in [0.15, 0.2) is 30.7 Å². The molecule has 158 valence electrons. The normalized spacial score (nSPS) is 21.1. The Morgan fingerprint density at radius 1 is 1.23 bits per heavy atom. The quantitative estimate of drug-likeness (QED) is 0.701. The zero-order chi connectivity index (χ0) is 20.7. The highest BCUT2D eigenvalue weighted by Gasteiger charge is 2.28. The number of aromatic nitrogens is 4. The average molecular weight is 409 g/mol. The second-order valence-corrected chi connectivity index (χ2v) is 8.35. The van der Waals surface area contributed by atoms with Crippen LogP contribution in [0.5, 0.6) is 5.75 Å². The summed E-state index contributed by atoms with van der Waals surface area (Å²) in [6.45, 7) is 4.26. The minimum Gasteiger partial charge on any atom is -0.490 e. The predicted molar refractivity (Wildman–Crippen MR) is 112 cm³/mol. The van der Waals surface area contributed by atoms with Gasteiger partial charge in [-0.3, -0.25) is 14.2 Å². The Morgan fingerprint density at radius 2 is 2.07 bits per heavy atom. The van der Waals surface area contributed by atoms with Crippen molar-refractivity contribution in [1.82, 2.24) is 24.9 Å². The standard InChI is InChI=1S/C22H27N5O3/c1-14(16-9-22(28)23-10-16)30-21-8-15(7-20-19(21)13-26(2)25-20)17-11-24-27(12-17)18-3-5-29-6-4-18/h7-8,11-14,16,18H,3-6,9-10H2,1-2H3,(H,23,28). The molecule has 2 aromatic heterocycles. The number of benzene rings is 1. The van der Waals surface area contributed by atoms with Crippen LogP contribution in [0.1, 0.15) is 32.2 Å². The molecule has 8 nitrogen and oxygen atoms in total. The van der Waals surface area contributed by atoms with Crippen molar-refractivity contribution in [3.63, 3.8) is 0 Å². The molecule has 2 atom stereocenters. The molecule has 2 unspecified atom stereocenters. The fraction of sp³-hybridized carbons (Fsp3) is 0.500. The Kier molecular flexibility index (Phi) is 4.94. The van der Waals surface area contributed by atoms with E-state index in [1.54, 1.807) is 4.68 Å². The topological polar surface area (TPSA) is 83.2 Å². The Bertz CT molecular complexity index is 1070. The van der Waals surface area contributed by atoms with Crippen molar-refractivity contribution in [2.45, 2.75) is 38.3 Å². The molecule has 1 aromatic carbocycles. The molecule has 1 N–H and O–H groups in total. The van der Waals surface area contributed by atoms with Crippen molar-refractivity contribution in [3.8, 4) is 16.9 Å². The lowest BCUT2D eigenvalue weighted by atomic mass is 10.0. The molecular weight excluding hydrogens is 382 g/mol. The van der Waals surface area contributed by atoms with Crippen molar-refractivity contribution >= 4 is 16.8 Å². The molecule has 0 radical (unpaired) electrons. The summed E-state index contributed by atoms with van der Waals surface area (Å²) in [5.41, 5.74) is 2.96. The van der Waals surface area contributed by atoms with Gasteiger partial charge in [0.05, 0.1) is 23.1 Å². The number of nitrogens with zero attached hydrogens (tertiary/aromatic N) is 4. The number of amides is 1. The van der Waals surface area contributed by atoms with Crippen LogP contribution in [0.25, 0.3) is 22.0 Å². The maximum atomic E-state index is 11.6. The van der Waals surface area contributed by atoms with Gasteiger partial charge in [0.2, 0.25) is 5.91 Å². The highest BCUT2D eigenvalue weighted by molar-refractivity contribution is 5.89. The number of carbonyl (C=O) groups excluding carboxylic acids is 1. The molecule has 30 heavy (non-hydrogen) atoms. The van der Waals surface area contributed by atoms with Crippen molar-refractivity contribution in [3.05, 3.63) is 30.7 Å². The highest BCUT2D eigenvalue weighted by Crippen LogP contribution is 2.34. The summed E-state index contributed by atoms with van der Waals surface area (Å²) >= 11 is 0. The van der Waals surface area contributed by atoms with Gasteiger partial charge in [-0.05, 0) is 37.5 Å². The van der Waals surface area contributed by atoms with Gasteiger partial charge in [0.1, 0.15) is 11.9 Å². The maximum Gasteiger partial charge on any atom is 0.220 e. The van der Waals surface area contributed by atoms with Gasteiger partial charge in [0.25, 0.3) is 0 Å². The van der Waals surface area contributed by atoms with Crippen molar-refractivity contribution in [2.24, 2.45) is 13.0 Å². The van der Waals surface area contributed by atoms with Gasteiger partial charge in [-0.2, -0.15) is 10.2 Å². The number of hydrogen-bond acceptors (Lipinski definition) is 5. The van der Waals surface area contributed by atoms with Crippen LogP contribution in [0.2, 0.25) is 0 Å². The van der Waals surface area contributed by atoms with Crippen LogP contribution in [0.3, 0.4) is 0 Å². The number of rotatable bonds is 5. The van der Waals surface area contributed by atoms with Crippen LogP contribution in [-0.2, 0) is 16.6 Å². The second-order valence-electron chi connectivity index (χ2n) is 8.35. The number of aryl methyl sites for hydroxylation is 1. The Balaban J connectivity index is 1.46. The molecule has 2 aliphatic heterocycles. The summed E-state index contributed by atoms with van der Waals surface area (Å²) in [4.78, 5) is 11.6. The summed E-state index contributed by atoms with van der Waals surface area (Å²) < 4.78 is 15.7. The van der Waals surface area contributed by atoms with Gasteiger partial charge in [0.15, 0.2) is 0 Å². The van der Waals surface area contributed by atoms with E-state index in [2.05, 4.69) is 38.5 Å². The monoisotopic (exact) mass is 409 g/mol. The summed E-state index contributed by atoms with van der Waals surface area (Å²) in [6.07, 6.45) is 8.40. The molecule has 2 fully saturated rings. The molecule has 0 bridgehead atoms. The van der Waals surface area contributed by atoms with Gasteiger partial charge < -0.3 is 14.8 Å². The predicted octanol–water partition coefficient (Wildman–Crippen LogP) is 2.69. The molecular formula is C22H27N5O3. The van der Waals surface area contributed by atoms with E-state index in [1.807, 2.05) is 26.4 Å². The number of ether oxygens (including phenoxy) is 2. The molecule has 1 amide bonds. The van der Waals surface area contributed by atoms with E-state index in [4.69, 9.17) is 9.47 Å². The van der Waals surface area contributed by atoms with Crippen LogP contribution in [0, 0.1) is 5.92 Å². The second kappa shape index (κ2) is 7.75. The zero-order valence-corrected chi connectivity index (χ0v) is 17.4. The third kappa shape index (κ3) is 3.67. The fourth-order valence-electron chi connectivity index (χ4n) is 4.37. The first-order chi connectivity index (χ1) is 14.6. The lowest BCUT2D eigenvalue weighted by Crippen LogP contribution is -2.25. The number of hydrogen-bond donors (Lipinski definition) is 1. The van der Waals surface area contributed by atoms with Crippen LogP contribution >= 0.6 is 0 Å². The molecule has 2 saturated heterocycles. The molecule has 0 aliphatic carbocycles. The summed E-state index contributed by atoms with van der Waals surface area (Å²) in [7, 11) is 1.91. The molecule has 4 heterocycles. The third-order valence-electron chi connectivity index (χ3n) is 6.19. The van der Waals surface area contributed by atoms with Crippen LogP contribution < -0.4 is 10.1 Å². The first kappa shape index (κ1) is 19.1. The van der Waals surface area contributed by atoms with Crippen molar-refractivity contribution < 1.29 is 14.3 Å². The Hall–Kier alpha value is -2.87. The third-order valence-corrected chi connectivity index (χ3v) is 6.19. The zero-order valence-electron chi connectivity index (χ0n) is 17.4. The first-order valence-electron chi connectivity index (χ1n) is 10.6. The SMILES string of the molecule is CC(Oc1cc(-c2cnn(C3CCOCC3)c2)cc2nn(C)cc12)C1CNC(=O)C1. The molecule has 0 saturated carbocycles. The van der Waals surface area contributed by atoms with E-state index < -0.39 is 0 Å². The van der Waals surface area contributed by atoms with E-state index in [1.165, 1.54) is 0 Å². The summed E-state index contributed by atoms with van der Waals surface area (Å²) in [5.74, 6) is 1.06. The Labute approximate surface area is 175 Å². The van der Waals surface area contributed by atoms with Gasteiger partial charge in [-0.25, -0.2) is 0 Å². The number of nitrogens with one attached hydrogen (secondary N) is 1. The van der Waals surface area contributed by atoms with Gasteiger partial charge >= 0.3 is 0 Å². The van der Waals surface area contributed by atoms with Crippen LogP contribution in [-0.4, -0.2) is 51.3 Å². The highest BCUT2D eigenvalue weighted by atomic mass is 16.5.